The molecule has 5 aromatic carbocycles. The van der Waals surface area contributed by atoms with Crippen LogP contribution in [-0.2, 0) is 17.3 Å². The van der Waals surface area contributed by atoms with Crippen LogP contribution in [0.15, 0.2) is 133 Å². The van der Waals surface area contributed by atoms with Gasteiger partial charge in [0.2, 0.25) is 0 Å². The first-order valence-corrected chi connectivity index (χ1v) is 16.6. The number of halogens is 3. The maximum absolute atomic E-state index is 4.83. The van der Waals surface area contributed by atoms with Crippen LogP contribution in [-0.4, -0.2) is 0 Å². The van der Waals surface area contributed by atoms with Gasteiger partial charge in [0.05, 0.1) is 6.16 Å². The molecule has 0 radical (unpaired) electrons. The number of hydrogen-bond acceptors (Lipinski definition) is 0. The van der Waals surface area contributed by atoms with Crippen molar-refractivity contribution in [3.63, 3.8) is 0 Å². The van der Waals surface area contributed by atoms with Gasteiger partial charge in [0.1, 0.15) is 23.2 Å². The Kier molecular flexibility index (Phi) is 9.10. The standard InChI is InChI=1S/C29H24P.3ClH.Cu/c1-4-16-26(17-5-1)30(27-18-6-2-7-19-27,28-20-8-3-9-21-28)23-25-15-12-14-24-13-10-11-22-29(24)25;;;;/h1-22H,23H2;3*1H;/q+1;;;;+2/p-3. The van der Waals surface area contributed by atoms with Gasteiger partial charge < -0.3 is 0 Å². The summed E-state index contributed by atoms with van der Waals surface area (Å²) in [5, 5.41) is 6.94. The molecule has 0 aliphatic carbocycles. The summed E-state index contributed by atoms with van der Waals surface area (Å²) in [5.74, 6) is 0. The molecule has 0 amide bonds. The second-order valence-electron chi connectivity index (χ2n) is 7.74. The fourth-order valence-electron chi connectivity index (χ4n) is 4.45. The molecule has 0 atom stereocenters. The third-order valence-electron chi connectivity index (χ3n) is 5.88. The minimum absolute atomic E-state index is 0.896. The monoisotopic (exact) mass is 571 g/mol. The van der Waals surface area contributed by atoms with Crippen molar-refractivity contribution in [3.05, 3.63) is 139 Å². The van der Waals surface area contributed by atoms with Crippen molar-refractivity contribution >= 4 is 64.2 Å². The van der Waals surface area contributed by atoms with E-state index in [1.807, 2.05) is 0 Å². The topological polar surface area (TPSA) is 0 Å². The summed E-state index contributed by atoms with van der Waals surface area (Å²) >= 11 is -0.896. The number of benzene rings is 5. The molecule has 177 valence electrons. The van der Waals surface area contributed by atoms with Crippen molar-refractivity contribution in [2.75, 3.05) is 0 Å². The molecule has 5 heteroatoms. The van der Waals surface area contributed by atoms with Gasteiger partial charge >= 0.3 is 41.5 Å². The zero-order chi connectivity index (χ0) is 23.8. The first-order chi connectivity index (χ1) is 16.6. The van der Waals surface area contributed by atoms with Crippen molar-refractivity contribution < 1.29 is 11.2 Å². The normalized spacial score (nSPS) is 11.4. The van der Waals surface area contributed by atoms with Crippen LogP contribution in [0.25, 0.3) is 10.8 Å². The Morgan fingerprint density at radius 3 is 1.32 bits per heavy atom. The van der Waals surface area contributed by atoms with Gasteiger partial charge in [-0.05, 0) is 52.7 Å². The average molecular weight is 573 g/mol. The molecule has 0 aliphatic rings. The predicted molar refractivity (Wildman–Crippen MR) is 150 cm³/mol. The van der Waals surface area contributed by atoms with Crippen LogP contribution in [0.5, 0.6) is 0 Å². The molecule has 5 aromatic rings. The first kappa shape index (κ1) is 25.3. The molecule has 0 fully saturated rings. The Labute approximate surface area is 219 Å². The summed E-state index contributed by atoms with van der Waals surface area (Å²) < 4.78 is 0. The molecule has 0 bridgehead atoms. The quantitative estimate of drug-likeness (QED) is 0.146. The zero-order valence-electron chi connectivity index (χ0n) is 18.3. The summed E-state index contributed by atoms with van der Waals surface area (Å²) in [4.78, 5) is 0. The first-order valence-electron chi connectivity index (χ1n) is 10.7. The number of rotatable bonds is 5. The van der Waals surface area contributed by atoms with Gasteiger partial charge in [-0.15, -0.1) is 0 Å². The molecule has 0 N–H and O–H groups in total. The number of hydrogen-bond donors (Lipinski definition) is 0. The summed E-state index contributed by atoms with van der Waals surface area (Å²) in [6.45, 7) is 0. The van der Waals surface area contributed by atoms with Gasteiger partial charge in [0.25, 0.3) is 0 Å². The molecular formula is C29H24Cl3CuP. The third-order valence-corrected chi connectivity index (χ3v) is 10.2. The van der Waals surface area contributed by atoms with E-state index in [1.165, 1.54) is 32.2 Å². The SMILES string of the molecule is [Cl][Cu-]([Cl])[Cl].c1ccc([P+](Cc2cccc3ccccc23)(c2ccccc2)c2ccccc2)cc1. The zero-order valence-corrected chi connectivity index (χ0v) is 22.4. The van der Waals surface area contributed by atoms with Crippen molar-refractivity contribution in [1.29, 1.82) is 0 Å². The van der Waals surface area contributed by atoms with Crippen molar-refractivity contribution in [3.8, 4) is 0 Å². The molecule has 0 aliphatic heterocycles. The Morgan fingerprint density at radius 2 is 0.853 bits per heavy atom. The van der Waals surface area contributed by atoms with E-state index in [-0.39, 0.29) is 0 Å². The van der Waals surface area contributed by atoms with E-state index in [4.69, 9.17) is 30.3 Å². The summed E-state index contributed by atoms with van der Waals surface area (Å²) in [6, 6.07) is 48.8. The Morgan fingerprint density at radius 1 is 0.471 bits per heavy atom. The van der Waals surface area contributed by atoms with E-state index in [0.29, 0.717) is 0 Å². The van der Waals surface area contributed by atoms with E-state index in [0.717, 1.165) is 6.16 Å². The molecular weight excluding hydrogens is 549 g/mol. The molecule has 34 heavy (non-hydrogen) atoms. The second-order valence-corrected chi connectivity index (χ2v) is 15.9. The minimum atomic E-state index is -1.88. The molecule has 0 heterocycles. The maximum atomic E-state index is 4.83. The van der Waals surface area contributed by atoms with Gasteiger partial charge in [0, 0.05) is 0 Å². The van der Waals surface area contributed by atoms with Crippen LogP contribution in [0.1, 0.15) is 5.56 Å². The van der Waals surface area contributed by atoms with E-state index < -0.39 is 18.4 Å². The van der Waals surface area contributed by atoms with Crippen molar-refractivity contribution in [2.24, 2.45) is 0 Å². The smallest absolute Gasteiger partial charge is 0.0620 e. The molecule has 0 saturated carbocycles. The fourth-order valence-corrected chi connectivity index (χ4v) is 8.73. The predicted octanol–water partition coefficient (Wildman–Crippen LogP) is 8.40. The molecule has 5 rings (SSSR count). The molecule has 0 saturated heterocycles. The van der Waals surface area contributed by atoms with Gasteiger partial charge in [-0.3, -0.25) is 0 Å². The largest absolute Gasteiger partial charge is 0.116 e. The Bertz CT molecular complexity index is 1210. The van der Waals surface area contributed by atoms with Crippen molar-refractivity contribution in [1.82, 2.24) is 0 Å². The fraction of sp³-hybridized carbons (Fsp3) is 0.0345. The maximum Gasteiger partial charge on any atom is 0.116 e. The summed E-state index contributed by atoms with van der Waals surface area (Å²) in [6.07, 6.45) is 1.01. The molecule has 0 aromatic heterocycles. The van der Waals surface area contributed by atoms with E-state index in [1.54, 1.807) is 0 Å². The van der Waals surface area contributed by atoms with Crippen LogP contribution in [0.4, 0.5) is 0 Å². The minimum Gasteiger partial charge on any atom is -0.0620 e. The van der Waals surface area contributed by atoms with Gasteiger partial charge in [-0.2, -0.15) is 0 Å². The van der Waals surface area contributed by atoms with Crippen LogP contribution >= 0.6 is 37.6 Å². The average Bonchev–Trinajstić information content (AvgIpc) is 2.89. The molecule has 0 unspecified atom stereocenters. The summed E-state index contributed by atoms with van der Waals surface area (Å²) in [5.41, 5.74) is 1.41. The Balaban J connectivity index is 0.000000636. The third kappa shape index (κ3) is 5.87. The molecule has 0 spiro atoms. The van der Waals surface area contributed by atoms with E-state index in [9.17, 15) is 0 Å². The Hall–Kier alpha value is -1.82. The van der Waals surface area contributed by atoms with Crippen LogP contribution < -0.4 is 15.9 Å². The van der Waals surface area contributed by atoms with Crippen LogP contribution in [0.3, 0.4) is 0 Å². The van der Waals surface area contributed by atoms with Gasteiger partial charge in [0.15, 0.2) is 0 Å². The van der Waals surface area contributed by atoms with Crippen molar-refractivity contribution in [2.45, 2.75) is 6.16 Å². The summed E-state index contributed by atoms with van der Waals surface area (Å²) in [7, 11) is 12.6. The molecule has 0 nitrogen and oxygen atoms in total. The van der Waals surface area contributed by atoms with E-state index in [2.05, 4.69) is 133 Å². The van der Waals surface area contributed by atoms with Gasteiger partial charge in [-0.25, -0.2) is 0 Å². The number of fused-ring (bicyclic) bond motifs is 1. The van der Waals surface area contributed by atoms with Crippen LogP contribution in [0, 0.1) is 0 Å². The van der Waals surface area contributed by atoms with E-state index >= 15 is 0 Å². The second kappa shape index (κ2) is 12.2. The van der Waals surface area contributed by atoms with Crippen LogP contribution in [0.2, 0.25) is 0 Å². The van der Waals surface area contributed by atoms with Gasteiger partial charge in [-0.1, -0.05) is 97.1 Å².